The minimum Gasteiger partial charge on any atom is -0.497 e. The first-order valence-corrected chi connectivity index (χ1v) is 8.64. The second-order valence-corrected chi connectivity index (χ2v) is 6.54. The lowest BCUT2D eigenvalue weighted by molar-refractivity contribution is -0.116. The zero-order valence-electron chi connectivity index (χ0n) is 13.9. The van der Waals surface area contributed by atoms with Gasteiger partial charge in [-0.05, 0) is 17.7 Å². The molecule has 1 amide bonds. The Bertz CT molecular complexity index is 930. The fourth-order valence-electron chi connectivity index (χ4n) is 2.91. The highest BCUT2D eigenvalue weighted by molar-refractivity contribution is 7.99. The zero-order valence-corrected chi connectivity index (χ0v) is 14.7. The van der Waals surface area contributed by atoms with Crippen LogP contribution in [0.5, 0.6) is 5.75 Å². The van der Waals surface area contributed by atoms with Gasteiger partial charge < -0.3 is 14.6 Å². The maximum Gasteiger partial charge on any atom is 0.279 e. The minimum absolute atomic E-state index is 0.144. The number of terminal acetylenes is 1. The highest BCUT2D eigenvalue weighted by Crippen LogP contribution is 2.36. The van der Waals surface area contributed by atoms with Gasteiger partial charge in [-0.2, -0.15) is 4.98 Å². The molecule has 2 aromatic rings. The number of amides is 1. The van der Waals surface area contributed by atoms with Crippen LogP contribution in [0.25, 0.3) is 0 Å². The Morgan fingerprint density at radius 3 is 3.00 bits per heavy atom. The molecule has 25 heavy (non-hydrogen) atoms. The normalized spacial score (nSPS) is 15.9. The van der Waals surface area contributed by atoms with E-state index in [2.05, 4.69) is 16.2 Å². The maximum atomic E-state index is 12.7. The first kappa shape index (κ1) is 17.1. The predicted octanol–water partition coefficient (Wildman–Crippen LogP) is 1.99. The quantitative estimate of drug-likeness (QED) is 0.516. The van der Waals surface area contributed by atoms with Crippen molar-refractivity contribution < 1.29 is 9.53 Å². The molecule has 1 N–H and O–H groups in total. The van der Waals surface area contributed by atoms with Crippen LogP contribution < -0.4 is 15.6 Å². The Kier molecular flexibility index (Phi) is 4.81. The van der Waals surface area contributed by atoms with E-state index >= 15 is 0 Å². The molecule has 7 heteroatoms. The number of thioether (sulfide) groups is 1. The van der Waals surface area contributed by atoms with Crippen LogP contribution in [0.2, 0.25) is 0 Å². The Morgan fingerprint density at radius 1 is 1.48 bits per heavy atom. The van der Waals surface area contributed by atoms with Gasteiger partial charge in [-0.25, -0.2) is 0 Å². The van der Waals surface area contributed by atoms with Gasteiger partial charge in [0.25, 0.3) is 5.56 Å². The van der Waals surface area contributed by atoms with Crippen LogP contribution in [0.4, 0.5) is 5.82 Å². The number of carbonyl (C=O) groups is 1. The number of rotatable bonds is 4. The molecule has 1 aliphatic heterocycles. The predicted molar refractivity (Wildman–Crippen MR) is 97.1 cm³/mol. The van der Waals surface area contributed by atoms with E-state index in [9.17, 15) is 9.59 Å². The highest BCUT2D eigenvalue weighted by Gasteiger charge is 2.32. The van der Waals surface area contributed by atoms with Crippen molar-refractivity contribution in [3.8, 4) is 18.1 Å². The van der Waals surface area contributed by atoms with Crippen LogP contribution in [0, 0.1) is 12.3 Å². The summed E-state index contributed by atoms with van der Waals surface area (Å²) in [5.41, 5.74) is 0.985. The van der Waals surface area contributed by atoms with Crippen molar-refractivity contribution >= 4 is 23.5 Å². The van der Waals surface area contributed by atoms with Gasteiger partial charge in [0.15, 0.2) is 5.16 Å². The molecule has 0 saturated heterocycles. The second kappa shape index (κ2) is 7.03. The van der Waals surface area contributed by atoms with Crippen LogP contribution in [-0.2, 0) is 11.8 Å². The summed E-state index contributed by atoms with van der Waals surface area (Å²) in [5.74, 6) is 3.54. The highest BCUT2D eigenvalue weighted by atomic mass is 32.2. The van der Waals surface area contributed by atoms with Gasteiger partial charge >= 0.3 is 0 Å². The maximum absolute atomic E-state index is 12.7. The van der Waals surface area contributed by atoms with Gasteiger partial charge in [0, 0.05) is 19.4 Å². The second-order valence-electron chi connectivity index (χ2n) is 5.60. The molecule has 1 aromatic heterocycles. The zero-order chi connectivity index (χ0) is 18.0. The molecule has 1 atom stereocenters. The lowest BCUT2D eigenvalue weighted by atomic mass is 9.86. The molecule has 0 bridgehead atoms. The number of nitrogens with one attached hydrogen (secondary N) is 1. The molecule has 0 spiro atoms. The number of hydrogen-bond acceptors (Lipinski definition) is 5. The molecule has 1 unspecified atom stereocenters. The van der Waals surface area contributed by atoms with E-state index in [1.807, 2.05) is 24.3 Å². The topological polar surface area (TPSA) is 73.2 Å². The molecular weight excluding hydrogens is 338 g/mol. The van der Waals surface area contributed by atoms with Crippen LogP contribution >= 0.6 is 11.8 Å². The van der Waals surface area contributed by atoms with Crippen molar-refractivity contribution in [2.75, 3.05) is 18.2 Å². The largest absolute Gasteiger partial charge is 0.497 e. The average molecular weight is 355 g/mol. The van der Waals surface area contributed by atoms with Crippen molar-refractivity contribution in [2.24, 2.45) is 7.05 Å². The Hall–Kier alpha value is -2.72. The van der Waals surface area contributed by atoms with E-state index in [4.69, 9.17) is 11.2 Å². The number of hydrogen-bond donors (Lipinski definition) is 1. The molecule has 0 fully saturated rings. The number of anilines is 1. The van der Waals surface area contributed by atoms with Crippen LogP contribution in [0.1, 0.15) is 23.5 Å². The lowest BCUT2D eigenvalue weighted by Gasteiger charge is -2.27. The number of nitrogens with zero attached hydrogens (tertiary/aromatic N) is 2. The molecule has 6 nitrogen and oxygen atoms in total. The molecule has 1 aromatic carbocycles. The van der Waals surface area contributed by atoms with E-state index in [1.54, 1.807) is 18.7 Å². The SMILES string of the molecule is C#CCSc1nc(=O)c2c(n1C)NC(=O)CC2c1cccc(OC)c1. The molecule has 2 heterocycles. The van der Waals surface area contributed by atoms with E-state index in [0.717, 1.165) is 5.56 Å². The standard InChI is InChI=1S/C18H17N3O3S/c1-4-8-25-18-20-17(23)15-13(10-14(22)19-16(15)21(18)2)11-6-5-7-12(9-11)24-3/h1,5-7,9,13H,8,10H2,2-3H3,(H,19,22). The van der Waals surface area contributed by atoms with Crippen molar-refractivity contribution in [3.63, 3.8) is 0 Å². The number of fused-ring (bicyclic) bond motifs is 1. The molecule has 3 rings (SSSR count). The van der Waals surface area contributed by atoms with Crippen molar-refractivity contribution in [1.29, 1.82) is 0 Å². The molecule has 0 radical (unpaired) electrons. The Morgan fingerprint density at radius 2 is 2.28 bits per heavy atom. The van der Waals surface area contributed by atoms with E-state index in [1.165, 1.54) is 11.8 Å². The summed E-state index contributed by atoms with van der Waals surface area (Å²) in [6, 6.07) is 7.39. The summed E-state index contributed by atoms with van der Waals surface area (Å²) >= 11 is 1.28. The summed E-state index contributed by atoms with van der Waals surface area (Å²) in [6.45, 7) is 0. The van der Waals surface area contributed by atoms with Crippen molar-refractivity contribution in [3.05, 3.63) is 45.7 Å². The van der Waals surface area contributed by atoms with E-state index in [-0.39, 0.29) is 23.8 Å². The third kappa shape index (κ3) is 3.26. The van der Waals surface area contributed by atoms with Gasteiger partial charge in [-0.3, -0.25) is 9.59 Å². The fourth-order valence-corrected chi connectivity index (χ4v) is 3.56. The Labute approximate surface area is 149 Å². The minimum atomic E-state index is -0.364. The Balaban J connectivity index is 2.15. The summed E-state index contributed by atoms with van der Waals surface area (Å²) in [4.78, 5) is 29.1. The number of carbonyl (C=O) groups excluding carboxylic acids is 1. The van der Waals surface area contributed by atoms with Gasteiger partial charge in [0.05, 0.1) is 18.4 Å². The molecule has 128 valence electrons. The van der Waals surface area contributed by atoms with Crippen LogP contribution in [0.15, 0.2) is 34.2 Å². The number of ether oxygens (including phenoxy) is 1. The van der Waals surface area contributed by atoms with Gasteiger partial charge in [-0.1, -0.05) is 29.8 Å². The fraction of sp³-hybridized carbons (Fsp3) is 0.278. The van der Waals surface area contributed by atoms with Crippen LogP contribution in [-0.4, -0.2) is 28.3 Å². The van der Waals surface area contributed by atoms with Gasteiger partial charge in [0.2, 0.25) is 5.91 Å². The third-order valence-corrected chi connectivity index (χ3v) is 5.02. The summed E-state index contributed by atoms with van der Waals surface area (Å²) < 4.78 is 6.97. The summed E-state index contributed by atoms with van der Waals surface area (Å²) in [7, 11) is 3.34. The first-order chi connectivity index (χ1) is 12.0. The van der Waals surface area contributed by atoms with Gasteiger partial charge in [0.1, 0.15) is 11.6 Å². The van der Waals surface area contributed by atoms with Crippen molar-refractivity contribution in [2.45, 2.75) is 17.5 Å². The van der Waals surface area contributed by atoms with E-state index < -0.39 is 0 Å². The lowest BCUT2D eigenvalue weighted by Crippen LogP contribution is -2.33. The summed E-state index contributed by atoms with van der Waals surface area (Å²) in [5, 5.41) is 3.28. The molecule has 1 aliphatic rings. The van der Waals surface area contributed by atoms with Gasteiger partial charge in [-0.15, -0.1) is 6.42 Å². The molecule has 0 saturated carbocycles. The smallest absolute Gasteiger partial charge is 0.279 e. The average Bonchev–Trinajstić information content (AvgIpc) is 2.62. The molecular formula is C18H17N3O3S. The number of benzene rings is 1. The van der Waals surface area contributed by atoms with E-state index in [0.29, 0.717) is 28.0 Å². The van der Waals surface area contributed by atoms with Crippen LogP contribution in [0.3, 0.4) is 0 Å². The first-order valence-electron chi connectivity index (χ1n) is 7.66. The summed E-state index contributed by atoms with van der Waals surface area (Å²) in [6.07, 6.45) is 5.47. The monoisotopic (exact) mass is 355 g/mol. The molecule has 0 aliphatic carbocycles. The number of aromatic nitrogens is 2. The third-order valence-electron chi connectivity index (χ3n) is 4.08. The number of methoxy groups -OCH3 is 1. The van der Waals surface area contributed by atoms with Crippen molar-refractivity contribution in [1.82, 2.24) is 9.55 Å².